The van der Waals surface area contributed by atoms with Crippen LogP contribution >= 0.6 is 0 Å². The van der Waals surface area contributed by atoms with E-state index < -0.39 is 0 Å². The van der Waals surface area contributed by atoms with E-state index in [-0.39, 0.29) is 11.9 Å². The molecule has 1 saturated carbocycles. The fourth-order valence-electron chi connectivity index (χ4n) is 2.42. The minimum atomic E-state index is 0.0179. The predicted octanol–water partition coefficient (Wildman–Crippen LogP) is 2.06. The summed E-state index contributed by atoms with van der Waals surface area (Å²) >= 11 is 0. The Morgan fingerprint density at radius 3 is 2.50 bits per heavy atom. The molecule has 1 aliphatic carbocycles. The van der Waals surface area contributed by atoms with Crippen molar-refractivity contribution in [2.45, 2.75) is 39.0 Å². The van der Waals surface area contributed by atoms with Gasteiger partial charge in [-0.1, -0.05) is 12.8 Å². The zero-order chi connectivity index (χ0) is 11.4. The highest BCUT2D eigenvalue weighted by Crippen LogP contribution is 2.32. The molecule has 1 aliphatic heterocycles. The highest BCUT2D eigenvalue weighted by molar-refractivity contribution is 5.72. The van der Waals surface area contributed by atoms with Crippen molar-refractivity contribution in [2.24, 2.45) is 11.8 Å². The second-order valence-electron chi connectivity index (χ2n) is 5.10. The molecule has 3 nitrogen and oxygen atoms in total. The lowest BCUT2D eigenvalue weighted by atomic mass is 9.97. The van der Waals surface area contributed by atoms with Crippen LogP contribution in [0.4, 0.5) is 0 Å². The number of carbonyl (C=O) groups is 1. The van der Waals surface area contributed by atoms with Gasteiger partial charge in [-0.05, 0) is 51.7 Å². The van der Waals surface area contributed by atoms with E-state index in [9.17, 15) is 4.79 Å². The van der Waals surface area contributed by atoms with Crippen LogP contribution in [0.5, 0.6) is 0 Å². The molecule has 3 heteroatoms. The molecular weight excluding hydrogens is 202 g/mol. The van der Waals surface area contributed by atoms with Crippen LogP contribution in [-0.2, 0) is 9.53 Å². The van der Waals surface area contributed by atoms with Crippen molar-refractivity contribution in [3.05, 3.63) is 0 Å². The minimum absolute atomic E-state index is 0.0179. The van der Waals surface area contributed by atoms with Crippen LogP contribution < -0.4 is 0 Å². The third kappa shape index (κ3) is 3.48. The number of ether oxygens (including phenoxy) is 1. The van der Waals surface area contributed by atoms with Gasteiger partial charge in [-0.25, -0.2) is 0 Å². The van der Waals surface area contributed by atoms with Gasteiger partial charge >= 0.3 is 5.97 Å². The summed E-state index contributed by atoms with van der Waals surface area (Å²) in [5.41, 5.74) is 0. The Hall–Kier alpha value is -0.570. The third-order valence-corrected chi connectivity index (χ3v) is 3.76. The molecule has 0 aromatic carbocycles. The standard InChI is InChI=1S/C13H23NO2/c1-2-16-13(15)12-6-9-14(10-7-12)8-5-11-3-4-11/h11-12H,2-10H2,1H3. The number of rotatable bonds is 5. The Morgan fingerprint density at radius 2 is 1.94 bits per heavy atom. The summed E-state index contributed by atoms with van der Waals surface area (Å²) in [5.74, 6) is 1.20. The highest BCUT2D eigenvalue weighted by Gasteiger charge is 2.27. The smallest absolute Gasteiger partial charge is 0.309 e. The molecule has 0 aromatic heterocycles. The summed E-state index contributed by atoms with van der Waals surface area (Å²) in [5, 5.41) is 0. The zero-order valence-electron chi connectivity index (χ0n) is 10.3. The van der Waals surface area contributed by atoms with Crippen molar-refractivity contribution in [1.82, 2.24) is 4.90 Å². The quantitative estimate of drug-likeness (QED) is 0.671. The van der Waals surface area contributed by atoms with E-state index in [0.717, 1.165) is 31.8 Å². The van der Waals surface area contributed by atoms with E-state index in [1.807, 2.05) is 6.92 Å². The number of nitrogens with zero attached hydrogens (tertiary/aromatic N) is 1. The average Bonchev–Trinajstić information content (AvgIpc) is 3.11. The van der Waals surface area contributed by atoms with Crippen LogP contribution in [0, 0.1) is 11.8 Å². The Kier molecular flexibility index (Phi) is 4.22. The molecular formula is C13H23NO2. The maximum atomic E-state index is 11.5. The lowest BCUT2D eigenvalue weighted by Crippen LogP contribution is -2.37. The second kappa shape index (κ2) is 5.67. The molecule has 0 radical (unpaired) electrons. The van der Waals surface area contributed by atoms with Gasteiger partial charge in [0.25, 0.3) is 0 Å². The Morgan fingerprint density at radius 1 is 1.25 bits per heavy atom. The Labute approximate surface area is 98.1 Å². The van der Waals surface area contributed by atoms with Crippen LogP contribution in [0.15, 0.2) is 0 Å². The van der Waals surface area contributed by atoms with Crippen molar-refractivity contribution in [3.8, 4) is 0 Å². The molecule has 0 bridgehead atoms. The zero-order valence-corrected chi connectivity index (χ0v) is 10.3. The SMILES string of the molecule is CCOC(=O)C1CCN(CCC2CC2)CC1. The molecule has 16 heavy (non-hydrogen) atoms. The van der Waals surface area contributed by atoms with Crippen LogP contribution in [0.25, 0.3) is 0 Å². The molecule has 1 saturated heterocycles. The molecule has 0 unspecified atom stereocenters. The van der Waals surface area contributed by atoms with E-state index in [1.165, 1.54) is 25.8 Å². The lowest BCUT2D eigenvalue weighted by molar-refractivity contribution is -0.149. The second-order valence-corrected chi connectivity index (χ2v) is 5.10. The van der Waals surface area contributed by atoms with Gasteiger partial charge in [-0.3, -0.25) is 4.79 Å². The van der Waals surface area contributed by atoms with Crippen LogP contribution in [0.1, 0.15) is 39.0 Å². The molecule has 0 N–H and O–H groups in total. The van der Waals surface area contributed by atoms with Gasteiger partial charge in [0.15, 0.2) is 0 Å². The number of hydrogen-bond acceptors (Lipinski definition) is 3. The number of piperidine rings is 1. The van der Waals surface area contributed by atoms with Crippen molar-refractivity contribution < 1.29 is 9.53 Å². The van der Waals surface area contributed by atoms with Gasteiger partial charge in [-0.2, -0.15) is 0 Å². The summed E-state index contributed by atoms with van der Waals surface area (Å²) in [6.07, 6.45) is 6.23. The predicted molar refractivity (Wildman–Crippen MR) is 63.1 cm³/mol. The van der Waals surface area contributed by atoms with Gasteiger partial charge < -0.3 is 9.64 Å². The first-order valence-electron chi connectivity index (χ1n) is 6.68. The molecule has 2 rings (SSSR count). The molecule has 0 amide bonds. The average molecular weight is 225 g/mol. The number of carbonyl (C=O) groups excluding carboxylic acids is 1. The fourth-order valence-corrected chi connectivity index (χ4v) is 2.42. The van der Waals surface area contributed by atoms with Crippen molar-refractivity contribution in [1.29, 1.82) is 0 Å². The molecule has 0 atom stereocenters. The van der Waals surface area contributed by atoms with Crippen LogP contribution in [0.3, 0.4) is 0 Å². The first-order valence-corrected chi connectivity index (χ1v) is 6.68. The van der Waals surface area contributed by atoms with Gasteiger partial charge in [0.2, 0.25) is 0 Å². The molecule has 1 heterocycles. The largest absolute Gasteiger partial charge is 0.466 e. The topological polar surface area (TPSA) is 29.5 Å². The van der Waals surface area contributed by atoms with Crippen molar-refractivity contribution >= 4 is 5.97 Å². The van der Waals surface area contributed by atoms with Gasteiger partial charge in [0, 0.05) is 0 Å². The summed E-state index contributed by atoms with van der Waals surface area (Å²) in [4.78, 5) is 14.0. The summed E-state index contributed by atoms with van der Waals surface area (Å²) in [6.45, 7) is 5.79. The lowest BCUT2D eigenvalue weighted by Gasteiger charge is -2.30. The van der Waals surface area contributed by atoms with E-state index in [0.29, 0.717) is 6.61 Å². The van der Waals surface area contributed by atoms with Gasteiger partial charge in [0.05, 0.1) is 12.5 Å². The molecule has 0 aromatic rings. The summed E-state index contributed by atoms with van der Waals surface area (Å²) in [7, 11) is 0. The summed E-state index contributed by atoms with van der Waals surface area (Å²) in [6, 6.07) is 0. The fraction of sp³-hybridized carbons (Fsp3) is 0.923. The Balaban J connectivity index is 1.63. The first kappa shape index (κ1) is 11.9. The van der Waals surface area contributed by atoms with E-state index in [4.69, 9.17) is 4.74 Å². The normalized spacial score (nSPS) is 23.3. The monoisotopic (exact) mass is 225 g/mol. The number of likely N-dealkylation sites (tertiary alicyclic amines) is 1. The molecule has 2 fully saturated rings. The number of esters is 1. The number of hydrogen-bond donors (Lipinski definition) is 0. The van der Waals surface area contributed by atoms with Crippen molar-refractivity contribution in [2.75, 3.05) is 26.2 Å². The summed E-state index contributed by atoms with van der Waals surface area (Å²) < 4.78 is 5.07. The van der Waals surface area contributed by atoms with E-state index in [1.54, 1.807) is 0 Å². The molecule has 92 valence electrons. The molecule has 0 spiro atoms. The van der Waals surface area contributed by atoms with Gasteiger partial charge in [-0.15, -0.1) is 0 Å². The Bertz CT molecular complexity index is 230. The maximum absolute atomic E-state index is 11.5. The molecule has 2 aliphatic rings. The van der Waals surface area contributed by atoms with Crippen molar-refractivity contribution in [3.63, 3.8) is 0 Å². The van der Waals surface area contributed by atoms with Gasteiger partial charge in [0.1, 0.15) is 0 Å². The minimum Gasteiger partial charge on any atom is -0.466 e. The first-order chi connectivity index (χ1) is 7.79. The highest BCUT2D eigenvalue weighted by atomic mass is 16.5. The third-order valence-electron chi connectivity index (χ3n) is 3.76. The van der Waals surface area contributed by atoms with E-state index in [2.05, 4.69) is 4.90 Å². The van der Waals surface area contributed by atoms with Crippen LogP contribution in [-0.4, -0.2) is 37.1 Å². The van der Waals surface area contributed by atoms with E-state index >= 15 is 0 Å². The van der Waals surface area contributed by atoms with Crippen LogP contribution in [0.2, 0.25) is 0 Å². The maximum Gasteiger partial charge on any atom is 0.309 e.